The van der Waals surface area contributed by atoms with Crippen LogP contribution in [0.5, 0.6) is 0 Å². The molecule has 0 spiro atoms. The molecule has 1 aliphatic carbocycles. The van der Waals surface area contributed by atoms with E-state index < -0.39 is 0 Å². The smallest absolute Gasteiger partial charge is 0.317 e. The number of fused-ring (bicyclic) bond motifs is 1. The number of nitrogens with zero attached hydrogens (tertiary/aromatic N) is 2. The maximum atomic E-state index is 12.6. The first-order valence-electron chi connectivity index (χ1n) is 10.1. The van der Waals surface area contributed by atoms with Gasteiger partial charge in [0.25, 0.3) is 0 Å². The average molecular weight is 403 g/mol. The van der Waals surface area contributed by atoms with Crippen molar-refractivity contribution in [1.29, 1.82) is 0 Å². The number of hydrogen-bond acceptors (Lipinski definition) is 2. The van der Waals surface area contributed by atoms with Gasteiger partial charge in [0, 0.05) is 47.7 Å². The van der Waals surface area contributed by atoms with Crippen molar-refractivity contribution in [2.24, 2.45) is 5.92 Å². The largest absolute Gasteiger partial charge is 0.357 e. The molecule has 0 radical (unpaired) electrons. The number of halogens is 1. The second kappa shape index (κ2) is 8.03. The molecule has 6 nitrogen and oxygen atoms in total. The van der Waals surface area contributed by atoms with E-state index in [0.29, 0.717) is 18.1 Å². The average Bonchev–Trinajstić information content (AvgIpc) is 3.06. The number of likely N-dealkylation sites (N-methyl/N-ethyl adjacent to an activating group) is 1. The number of urea groups is 1. The van der Waals surface area contributed by atoms with Crippen molar-refractivity contribution < 1.29 is 9.59 Å². The number of hydrogen-bond donors (Lipinski definition) is 2. The molecular formula is C21H27ClN4O2. The standard InChI is InChI=1S/C21H27ClN4O2/c1-25(18-6-3-9-26(13-18)20(27)14-4-2-5-14)21(28)23-12-17-11-15-10-16(22)7-8-19(15)24-17/h7-8,10-11,14,18,24H,2-6,9,12-13H2,1H3,(H,23,28). The maximum Gasteiger partial charge on any atom is 0.317 e. The van der Waals surface area contributed by atoms with E-state index in [-0.39, 0.29) is 23.9 Å². The van der Waals surface area contributed by atoms with Gasteiger partial charge in [0.1, 0.15) is 0 Å². The van der Waals surface area contributed by atoms with Gasteiger partial charge in [0.05, 0.1) is 12.6 Å². The Kier molecular flexibility index (Phi) is 5.49. The SMILES string of the molecule is CN(C(=O)NCc1cc2cc(Cl)ccc2[nH]1)C1CCCN(C(=O)C2CCC2)C1. The first kappa shape index (κ1) is 19.1. The zero-order chi connectivity index (χ0) is 19.7. The molecule has 1 aromatic heterocycles. The molecular weight excluding hydrogens is 376 g/mol. The first-order valence-corrected chi connectivity index (χ1v) is 10.5. The fraction of sp³-hybridized carbons (Fsp3) is 0.524. The summed E-state index contributed by atoms with van der Waals surface area (Å²) in [5, 5.41) is 4.70. The Balaban J connectivity index is 1.32. The highest BCUT2D eigenvalue weighted by molar-refractivity contribution is 6.31. The summed E-state index contributed by atoms with van der Waals surface area (Å²) in [4.78, 5) is 32.2. The maximum absolute atomic E-state index is 12.6. The Labute approximate surface area is 170 Å². The molecule has 1 saturated carbocycles. The summed E-state index contributed by atoms with van der Waals surface area (Å²) in [6.07, 6.45) is 5.08. The summed E-state index contributed by atoms with van der Waals surface area (Å²) < 4.78 is 0. The molecule has 1 aromatic carbocycles. The highest BCUT2D eigenvalue weighted by Gasteiger charge is 2.34. The highest BCUT2D eigenvalue weighted by atomic mass is 35.5. The predicted molar refractivity (Wildman–Crippen MR) is 110 cm³/mol. The Bertz CT molecular complexity index is 876. The molecule has 1 atom stereocenters. The van der Waals surface area contributed by atoms with Crippen molar-refractivity contribution in [3.63, 3.8) is 0 Å². The normalized spacial score (nSPS) is 20.1. The van der Waals surface area contributed by atoms with Crippen molar-refractivity contribution in [2.75, 3.05) is 20.1 Å². The molecule has 2 fully saturated rings. The van der Waals surface area contributed by atoms with Gasteiger partial charge in [-0.25, -0.2) is 4.79 Å². The second-order valence-electron chi connectivity index (χ2n) is 8.00. The number of aromatic nitrogens is 1. The Morgan fingerprint density at radius 3 is 2.82 bits per heavy atom. The third-order valence-electron chi connectivity index (χ3n) is 6.10. The van der Waals surface area contributed by atoms with Crippen LogP contribution in [0.3, 0.4) is 0 Å². The predicted octanol–water partition coefficient (Wildman–Crippen LogP) is 3.75. The molecule has 2 N–H and O–H groups in total. The van der Waals surface area contributed by atoms with Gasteiger partial charge in [-0.1, -0.05) is 18.0 Å². The summed E-state index contributed by atoms with van der Waals surface area (Å²) in [5.74, 6) is 0.495. The van der Waals surface area contributed by atoms with Gasteiger partial charge in [-0.3, -0.25) is 4.79 Å². The second-order valence-corrected chi connectivity index (χ2v) is 8.44. The van der Waals surface area contributed by atoms with Gasteiger partial charge in [-0.05, 0) is 49.9 Å². The molecule has 150 valence electrons. The van der Waals surface area contributed by atoms with Crippen LogP contribution in [0.1, 0.15) is 37.8 Å². The number of aromatic amines is 1. The van der Waals surface area contributed by atoms with Crippen LogP contribution in [-0.2, 0) is 11.3 Å². The monoisotopic (exact) mass is 402 g/mol. The number of piperidine rings is 1. The van der Waals surface area contributed by atoms with Crippen LogP contribution in [0.15, 0.2) is 24.3 Å². The van der Waals surface area contributed by atoms with E-state index in [2.05, 4.69) is 10.3 Å². The molecule has 1 aliphatic heterocycles. The molecule has 1 saturated heterocycles. The molecule has 0 bridgehead atoms. The number of H-pyrrole nitrogens is 1. The first-order chi connectivity index (χ1) is 13.5. The minimum atomic E-state index is -0.111. The Morgan fingerprint density at radius 1 is 1.25 bits per heavy atom. The van der Waals surface area contributed by atoms with Crippen LogP contribution in [0.2, 0.25) is 5.02 Å². The minimum Gasteiger partial charge on any atom is -0.357 e. The number of carbonyl (C=O) groups is 2. The van der Waals surface area contributed by atoms with E-state index in [1.807, 2.05) is 36.2 Å². The number of amides is 3. The highest BCUT2D eigenvalue weighted by Crippen LogP contribution is 2.29. The van der Waals surface area contributed by atoms with Crippen LogP contribution in [0, 0.1) is 5.92 Å². The number of benzene rings is 1. The van der Waals surface area contributed by atoms with Crippen LogP contribution in [-0.4, -0.2) is 52.9 Å². The van der Waals surface area contributed by atoms with Gasteiger partial charge in [-0.2, -0.15) is 0 Å². The van der Waals surface area contributed by atoms with Gasteiger partial charge in [0.2, 0.25) is 5.91 Å². The van der Waals surface area contributed by atoms with Crippen molar-refractivity contribution in [3.8, 4) is 0 Å². The third kappa shape index (κ3) is 3.97. The number of nitrogens with one attached hydrogen (secondary N) is 2. The van der Waals surface area contributed by atoms with Gasteiger partial charge in [-0.15, -0.1) is 0 Å². The Morgan fingerprint density at radius 2 is 2.07 bits per heavy atom. The van der Waals surface area contributed by atoms with Crippen molar-refractivity contribution in [2.45, 2.75) is 44.7 Å². The lowest BCUT2D eigenvalue weighted by Gasteiger charge is -2.40. The van der Waals surface area contributed by atoms with E-state index >= 15 is 0 Å². The Hall–Kier alpha value is -2.21. The summed E-state index contributed by atoms with van der Waals surface area (Å²) in [6, 6.07) is 7.64. The summed E-state index contributed by atoms with van der Waals surface area (Å²) in [5.41, 5.74) is 1.93. The van der Waals surface area contributed by atoms with E-state index in [1.54, 1.807) is 4.90 Å². The van der Waals surface area contributed by atoms with E-state index in [9.17, 15) is 9.59 Å². The quantitative estimate of drug-likeness (QED) is 0.817. The van der Waals surface area contributed by atoms with Gasteiger partial charge < -0.3 is 20.1 Å². The summed E-state index contributed by atoms with van der Waals surface area (Å²) in [6.45, 7) is 1.88. The molecule has 1 unspecified atom stereocenters. The van der Waals surface area contributed by atoms with Crippen molar-refractivity contribution in [3.05, 3.63) is 35.0 Å². The van der Waals surface area contributed by atoms with Crippen LogP contribution in [0.4, 0.5) is 4.79 Å². The molecule has 2 heterocycles. The summed E-state index contributed by atoms with van der Waals surface area (Å²) in [7, 11) is 1.82. The van der Waals surface area contributed by atoms with Crippen LogP contribution >= 0.6 is 11.6 Å². The van der Waals surface area contributed by atoms with Gasteiger partial charge >= 0.3 is 6.03 Å². The van der Waals surface area contributed by atoms with E-state index in [4.69, 9.17) is 11.6 Å². The molecule has 2 aliphatic rings. The molecule has 28 heavy (non-hydrogen) atoms. The molecule has 4 rings (SSSR count). The van der Waals surface area contributed by atoms with Crippen molar-refractivity contribution >= 4 is 34.4 Å². The topological polar surface area (TPSA) is 68.4 Å². The van der Waals surface area contributed by atoms with Gasteiger partial charge in [0.15, 0.2) is 0 Å². The van der Waals surface area contributed by atoms with E-state index in [1.165, 1.54) is 0 Å². The minimum absolute atomic E-state index is 0.0688. The lowest BCUT2D eigenvalue weighted by Crippen LogP contribution is -2.53. The summed E-state index contributed by atoms with van der Waals surface area (Å²) >= 11 is 6.03. The fourth-order valence-electron chi connectivity index (χ4n) is 4.10. The molecule has 7 heteroatoms. The van der Waals surface area contributed by atoms with Crippen molar-refractivity contribution in [1.82, 2.24) is 20.1 Å². The fourth-order valence-corrected chi connectivity index (χ4v) is 4.29. The zero-order valence-electron chi connectivity index (χ0n) is 16.2. The molecule has 3 amide bonds. The zero-order valence-corrected chi connectivity index (χ0v) is 17.0. The number of likely N-dealkylation sites (tertiary alicyclic amines) is 1. The van der Waals surface area contributed by atoms with E-state index in [0.717, 1.165) is 55.2 Å². The molecule has 2 aromatic rings. The number of rotatable bonds is 4. The number of carbonyl (C=O) groups excluding carboxylic acids is 2. The third-order valence-corrected chi connectivity index (χ3v) is 6.33. The van der Waals surface area contributed by atoms with Crippen LogP contribution in [0.25, 0.3) is 10.9 Å². The lowest BCUT2D eigenvalue weighted by atomic mass is 9.84. The van der Waals surface area contributed by atoms with Crippen LogP contribution < -0.4 is 5.32 Å². The lowest BCUT2D eigenvalue weighted by molar-refractivity contribution is -0.140.